The summed E-state index contributed by atoms with van der Waals surface area (Å²) in [5.74, 6) is 0.910. The van der Waals surface area contributed by atoms with E-state index in [4.69, 9.17) is 11.5 Å². The van der Waals surface area contributed by atoms with Gasteiger partial charge in [-0.1, -0.05) is 0 Å². The fourth-order valence-corrected chi connectivity index (χ4v) is 0.505. The van der Waals surface area contributed by atoms with E-state index in [2.05, 4.69) is 4.98 Å². The van der Waals surface area contributed by atoms with Gasteiger partial charge in [0, 0.05) is 13.2 Å². The summed E-state index contributed by atoms with van der Waals surface area (Å²) < 4.78 is 1.66. The van der Waals surface area contributed by atoms with Crippen LogP contribution in [0.3, 0.4) is 0 Å². The van der Waals surface area contributed by atoms with Crippen LogP contribution in [0, 0.1) is 0 Å². The summed E-state index contributed by atoms with van der Waals surface area (Å²) in [6, 6.07) is 0. The number of nitrogen functional groups attached to an aromatic ring is 2. The maximum absolute atomic E-state index is 5.31. The van der Waals surface area contributed by atoms with Crippen molar-refractivity contribution in [3.8, 4) is 0 Å². The van der Waals surface area contributed by atoms with Crippen LogP contribution in [0.15, 0.2) is 6.20 Å². The molecule has 0 radical (unpaired) electrons. The maximum Gasteiger partial charge on any atom is 0.201 e. The first kappa shape index (κ1) is 4.96. The van der Waals surface area contributed by atoms with Crippen LogP contribution in [0.2, 0.25) is 0 Å². The summed E-state index contributed by atoms with van der Waals surface area (Å²) in [4.78, 5) is 3.73. The first-order valence-corrected chi connectivity index (χ1v) is 2.24. The number of imidazole rings is 1. The van der Waals surface area contributed by atoms with E-state index in [1.807, 2.05) is 0 Å². The molecule has 0 bridgehead atoms. The van der Waals surface area contributed by atoms with Gasteiger partial charge in [0.2, 0.25) is 5.95 Å². The summed E-state index contributed by atoms with van der Waals surface area (Å²) >= 11 is 0. The highest BCUT2D eigenvalue weighted by Crippen LogP contribution is 2.01. The Morgan fingerprint density at radius 1 is 1.62 bits per heavy atom. The lowest BCUT2D eigenvalue weighted by atomic mass is 10.8. The predicted molar refractivity (Wildman–Crippen MR) is 32.0 cm³/mol. The van der Waals surface area contributed by atoms with Crippen molar-refractivity contribution < 1.29 is 0 Å². The number of aryl methyl sites for hydroxylation is 1. The van der Waals surface area contributed by atoms with Crippen LogP contribution < -0.4 is 11.5 Å². The topological polar surface area (TPSA) is 69.9 Å². The van der Waals surface area contributed by atoms with Crippen LogP contribution in [-0.4, -0.2) is 9.55 Å². The highest BCUT2D eigenvalue weighted by Gasteiger charge is 1.93. The van der Waals surface area contributed by atoms with Gasteiger partial charge in [-0.3, -0.25) is 0 Å². The van der Waals surface area contributed by atoms with Gasteiger partial charge < -0.3 is 16.0 Å². The van der Waals surface area contributed by atoms with Crippen LogP contribution in [0.5, 0.6) is 0 Å². The lowest BCUT2D eigenvalue weighted by Gasteiger charge is -1.87. The number of nitrogens with two attached hydrogens (primary N) is 2. The van der Waals surface area contributed by atoms with Crippen LogP contribution in [-0.2, 0) is 7.05 Å². The molecule has 1 heterocycles. The van der Waals surface area contributed by atoms with Gasteiger partial charge >= 0.3 is 0 Å². The van der Waals surface area contributed by atoms with Crippen molar-refractivity contribution >= 4 is 11.8 Å². The standard InChI is InChI=1S/C4H8N4/c1-8-2-3(5)7-4(8)6/h2H,5H2,1H3,(H2,6,7). The Morgan fingerprint density at radius 2 is 2.25 bits per heavy atom. The Balaban J connectivity index is 3.14. The summed E-state index contributed by atoms with van der Waals surface area (Å²) in [5.41, 5.74) is 10.6. The second-order valence-electron chi connectivity index (χ2n) is 1.63. The Labute approximate surface area is 47.1 Å². The van der Waals surface area contributed by atoms with Gasteiger partial charge in [-0.15, -0.1) is 0 Å². The van der Waals surface area contributed by atoms with Crippen LogP contribution in [0.25, 0.3) is 0 Å². The molecule has 4 heteroatoms. The van der Waals surface area contributed by atoms with Crippen molar-refractivity contribution in [1.82, 2.24) is 9.55 Å². The lowest BCUT2D eigenvalue weighted by Crippen LogP contribution is -1.94. The van der Waals surface area contributed by atoms with Crippen molar-refractivity contribution in [1.29, 1.82) is 0 Å². The van der Waals surface area contributed by atoms with Gasteiger partial charge in [0.05, 0.1) is 0 Å². The van der Waals surface area contributed by atoms with Crippen LogP contribution >= 0.6 is 0 Å². The molecule has 1 aromatic rings. The highest BCUT2D eigenvalue weighted by molar-refractivity contribution is 5.34. The van der Waals surface area contributed by atoms with E-state index in [1.165, 1.54) is 0 Å². The third-order valence-electron chi connectivity index (χ3n) is 0.931. The second kappa shape index (κ2) is 1.40. The molecule has 0 amide bonds. The van der Waals surface area contributed by atoms with E-state index in [9.17, 15) is 0 Å². The number of aromatic nitrogens is 2. The van der Waals surface area contributed by atoms with Crippen molar-refractivity contribution in [2.45, 2.75) is 0 Å². The molecule has 0 fully saturated rings. The van der Waals surface area contributed by atoms with E-state index < -0.39 is 0 Å². The van der Waals surface area contributed by atoms with Gasteiger partial charge in [-0.2, -0.15) is 4.98 Å². The molecule has 44 valence electrons. The average Bonchev–Trinajstić information content (AvgIpc) is 1.85. The van der Waals surface area contributed by atoms with Crippen molar-refractivity contribution in [3.05, 3.63) is 6.20 Å². The zero-order chi connectivity index (χ0) is 6.15. The normalized spacial score (nSPS) is 9.62. The van der Waals surface area contributed by atoms with Crippen molar-refractivity contribution in [2.75, 3.05) is 11.5 Å². The van der Waals surface area contributed by atoms with Crippen molar-refractivity contribution in [3.63, 3.8) is 0 Å². The molecule has 1 aromatic heterocycles. The molecule has 4 nitrogen and oxygen atoms in total. The van der Waals surface area contributed by atoms with Crippen LogP contribution in [0.1, 0.15) is 0 Å². The molecule has 0 saturated carbocycles. The number of anilines is 2. The zero-order valence-electron chi connectivity index (χ0n) is 4.63. The number of rotatable bonds is 0. The smallest absolute Gasteiger partial charge is 0.201 e. The third-order valence-corrected chi connectivity index (χ3v) is 0.931. The molecule has 1 rings (SSSR count). The van der Waals surface area contributed by atoms with E-state index in [-0.39, 0.29) is 0 Å². The summed E-state index contributed by atoms with van der Waals surface area (Å²) in [6.07, 6.45) is 1.66. The molecule has 0 aliphatic carbocycles. The minimum absolute atomic E-state index is 0.447. The fourth-order valence-electron chi connectivity index (χ4n) is 0.505. The Morgan fingerprint density at radius 3 is 2.38 bits per heavy atom. The monoisotopic (exact) mass is 112 g/mol. The lowest BCUT2D eigenvalue weighted by molar-refractivity contribution is 0.930. The van der Waals surface area contributed by atoms with E-state index in [1.54, 1.807) is 17.8 Å². The van der Waals surface area contributed by atoms with Gasteiger partial charge in [-0.25, -0.2) is 0 Å². The van der Waals surface area contributed by atoms with E-state index in [0.29, 0.717) is 11.8 Å². The number of hydrogen-bond acceptors (Lipinski definition) is 3. The molecular formula is C4H8N4. The summed E-state index contributed by atoms with van der Waals surface area (Å²) in [5, 5.41) is 0. The minimum Gasteiger partial charge on any atom is -0.382 e. The summed E-state index contributed by atoms with van der Waals surface area (Å²) in [7, 11) is 1.79. The van der Waals surface area contributed by atoms with Gasteiger partial charge in [0.15, 0.2) is 0 Å². The van der Waals surface area contributed by atoms with Gasteiger partial charge in [0.25, 0.3) is 0 Å². The van der Waals surface area contributed by atoms with Crippen molar-refractivity contribution in [2.24, 2.45) is 7.05 Å². The quantitative estimate of drug-likeness (QED) is 0.479. The maximum atomic E-state index is 5.31. The average molecular weight is 112 g/mol. The predicted octanol–water partition coefficient (Wildman–Crippen LogP) is -0.416. The minimum atomic E-state index is 0.447. The zero-order valence-corrected chi connectivity index (χ0v) is 4.63. The molecule has 0 unspecified atom stereocenters. The molecule has 0 atom stereocenters. The number of nitrogens with zero attached hydrogens (tertiary/aromatic N) is 2. The van der Waals surface area contributed by atoms with E-state index >= 15 is 0 Å². The molecule has 0 saturated heterocycles. The molecule has 0 aliphatic heterocycles. The second-order valence-corrected chi connectivity index (χ2v) is 1.63. The summed E-state index contributed by atoms with van der Waals surface area (Å²) in [6.45, 7) is 0. The highest BCUT2D eigenvalue weighted by atomic mass is 15.1. The number of hydrogen-bond donors (Lipinski definition) is 2. The Bertz CT molecular complexity index is 170. The van der Waals surface area contributed by atoms with Crippen LogP contribution in [0.4, 0.5) is 11.8 Å². The van der Waals surface area contributed by atoms with E-state index in [0.717, 1.165) is 0 Å². The molecule has 4 N–H and O–H groups in total. The Hall–Kier alpha value is -1.19. The molecule has 0 aliphatic rings. The third kappa shape index (κ3) is 0.598. The first-order valence-electron chi connectivity index (χ1n) is 2.24. The SMILES string of the molecule is Cn1cc(N)nc1N. The fraction of sp³-hybridized carbons (Fsp3) is 0.250. The Kier molecular flexibility index (Phi) is 0.865. The van der Waals surface area contributed by atoms with Gasteiger partial charge in [-0.05, 0) is 0 Å². The molecule has 0 aromatic carbocycles. The van der Waals surface area contributed by atoms with Gasteiger partial charge in [0.1, 0.15) is 5.82 Å². The molecular weight excluding hydrogens is 104 g/mol. The molecule has 0 spiro atoms. The largest absolute Gasteiger partial charge is 0.382 e. The first-order chi connectivity index (χ1) is 3.70. The molecule has 8 heavy (non-hydrogen) atoms.